The maximum absolute atomic E-state index is 12.5. The Bertz CT molecular complexity index is 878. The van der Waals surface area contributed by atoms with Crippen molar-refractivity contribution in [2.75, 3.05) is 5.32 Å². The number of benzene rings is 2. The Balaban J connectivity index is 1.37. The third-order valence-electron chi connectivity index (χ3n) is 6.86. The molecule has 6 rings (SSSR count). The van der Waals surface area contributed by atoms with Crippen LogP contribution in [0.1, 0.15) is 54.4 Å². The lowest BCUT2D eigenvalue weighted by atomic mass is 9.47. The molecule has 1 N–H and O–H groups in total. The van der Waals surface area contributed by atoms with E-state index in [-0.39, 0.29) is 16.2 Å². The van der Waals surface area contributed by atoms with Gasteiger partial charge in [-0.05, 0) is 85.6 Å². The van der Waals surface area contributed by atoms with Gasteiger partial charge in [-0.3, -0.25) is 4.79 Å². The van der Waals surface area contributed by atoms with Crippen LogP contribution in [0.3, 0.4) is 0 Å². The normalized spacial score (nSPS) is 33.9. The molecule has 2 unspecified atom stereocenters. The van der Waals surface area contributed by atoms with Crippen LogP contribution in [0.2, 0.25) is 5.02 Å². The highest BCUT2D eigenvalue weighted by Crippen LogP contribution is 2.64. The van der Waals surface area contributed by atoms with Gasteiger partial charge in [0.05, 0.1) is 10.6 Å². The minimum atomic E-state index is -0.178. The molecule has 0 heterocycles. The van der Waals surface area contributed by atoms with Gasteiger partial charge in [-0.2, -0.15) is 0 Å². The summed E-state index contributed by atoms with van der Waals surface area (Å²) in [4.78, 5) is 12.5. The van der Waals surface area contributed by atoms with Gasteiger partial charge >= 0.3 is 0 Å². The second-order valence-electron chi connectivity index (χ2n) is 8.90. The average Bonchev–Trinajstić information content (AvgIpc) is 2.60. The van der Waals surface area contributed by atoms with Crippen molar-refractivity contribution in [3.8, 4) is 0 Å². The number of rotatable bonds is 3. The number of anilines is 1. The van der Waals surface area contributed by atoms with E-state index < -0.39 is 0 Å². The lowest BCUT2D eigenvalue weighted by Gasteiger charge is -2.60. The first-order valence-electron chi connectivity index (χ1n) is 9.80. The predicted molar refractivity (Wildman–Crippen MR) is 111 cm³/mol. The highest BCUT2D eigenvalue weighted by Gasteiger charge is 2.57. The number of hydrogen-bond acceptors (Lipinski definition) is 1. The predicted octanol–water partition coefficient (Wildman–Crippen LogP) is 6.42. The molecule has 0 spiro atoms. The van der Waals surface area contributed by atoms with E-state index in [1.54, 1.807) is 12.1 Å². The van der Waals surface area contributed by atoms with Gasteiger partial charge in [0.25, 0.3) is 5.91 Å². The quantitative estimate of drug-likeness (QED) is 0.592. The smallest absolute Gasteiger partial charge is 0.257 e. The first kappa shape index (κ1) is 17.6. The van der Waals surface area contributed by atoms with Crippen LogP contribution in [0.4, 0.5) is 5.69 Å². The van der Waals surface area contributed by atoms with Gasteiger partial charge in [0.2, 0.25) is 0 Å². The third kappa shape index (κ3) is 3.07. The summed E-state index contributed by atoms with van der Waals surface area (Å²) in [5.74, 6) is 1.38. The van der Waals surface area contributed by atoms with Crippen LogP contribution in [0, 0.1) is 11.8 Å². The van der Waals surface area contributed by atoms with Crippen molar-refractivity contribution in [2.24, 2.45) is 11.8 Å². The second kappa shape index (κ2) is 6.25. The van der Waals surface area contributed by atoms with E-state index in [4.69, 9.17) is 23.2 Å². The number of halogens is 2. The first-order chi connectivity index (χ1) is 12.9. The Hall–Kier alpha value is -1.51. The van der Waals surface area contributed by atoms with Crippen molar-refractivity contribution in [1.82, 2.24) is 0 Å². The molecular formula is C23H23Cl2NO. The minimum Gasteiger partial charge on any atom is -0.322 e. The van der Waals surface area contributed by atoms with Gasteiger partial charge in [-0.25, -0.2) is 0 Å². The minimum absolute atomic E-state index is 0.0149. The SMILES string of the molecule is O=C(Nc1ccc(C23CC4CC(CC(Cl)(C4)C2)C3)cc1)c1ccccc1Cl. The Morgan fingerprint density at radius 2 is 1.63 bits per heavy atom. The topological polar surface area (TPSA) is 29.1 Å². The number of carbonyl (C=O) groups excluding carboxylic acids is 1. The lowest BCUT2D eigenvalue weighted by Crippen LogP contribution is -2.55. The molecule has 0 aliphatic heterocycles. The summed E-state index contributed by atoms with van der Waals surface area (Å²) in [5, 5.41) is 3.42. The van der Waals surface area contributed by atoms with Crippen molar-refractivity contribution in [3.63, 3.8) is 0 Å². The number of amides is 1. The summed E-state index contributed by atoms with van der Waals surface area (Å²) >= 11 is 13.1. The van der Waals surface area contributed by atoms with E-state index in [0.29, 0.717) is 10.6 Å². The number of hydrogen-bond donors (Lipinski definition) is 1. The maximum atomic E-state index is 12.5. The molecule has 0 aromatic heterocycles. The number of alkyl halides is 1. The fraction of sp³-hybridized carbons (Fsp3) is 0.435. The Labute approximate surface area is 170 Å². The fourth-order valence-corrected chi connectivity index (χ4v) is 7.15. The van der Waals surface area contributed by atoms with Gasteiger partial charge in [0.15, 0.2) is 0 Å². The molecule has 2 atom stereocenters. The molecular weight excluding hydrogens is 377 g/mol. The molecule has 4 aliphatic rings. The van der Waals surface area contributed by atoms with Crippen LogP contribution in [0.25, 0.3) is 0 Å². The molecule has 1 amide bonds. The summed E-state index contributed by atoms with van der Waals surface area (Å²) in [6.45, 7) is 0. The zero-order valence-corrected chi connectivity index (χ0v) is 16.7. The van der Waals surface area contributed by atoms with Crippen LogP contribution in [0.15, 0.2) is 48.5 Å². The summed E-state index contributed by atoms with van der Waals surface area (Å²) in [6, 6.07) is 15.5. The van der Waals surface area contributed by atoms with Crippen molar-refractivity contribution in [3.05, 3.63) is 64.7 Å². The van der Waals surface area contributed by atoms with Crippen molar-refractivity contribution < 1.29 is 4.79 Å². The Morgan fingerprint density at radius 3 is 2.26 bits per heavy atom. The van der Waals surface area contributed by atoms with Gasteiger partial charge in [-0.15, -0.1) is 11.6 Å². The number of nitrogens with one attached hydrogen (secondary N) is 1. The molecule has 4 aliphatic carbocycles. The zero-order valence-electron chi connectivity index (χ0n) is 15.2. The summed E-state index contributed by atoms with van der Waals surface area (Å²) in [7, 11) is 0. The van der Waals surface area contributed by atoms with E-state index in [1.807, 2.05) is 24.3 Å². The first-order valence-corrected chi connectivity index (χ1v) is 10.6. The molecule has 27 heavy (non-hydrogen) atoms. The molecule has 2 aromatic carbocycles. The highest BCUT2D eigenvalue weighted by atomic mass is 35.5. The molecule has 140 valence electrons. The van der Waals surface area contributed by atoms with Crippen LogP contribution in [0.5, 0.6) is 0 Å². The summed E-state index contributed by atoms with van der Waals surface area (Å²) < 4.78 is 0. The fourth-order valence-electron chi connectivity index (χ4n) is 6.24. The third-order valence-corrected chi connectivity index (χ3v) is 7.64. The van der Waals surface area contributed by atoms with Crippen LogP contribution in [-0.4, -0.2) is 10.8 Å². The largest absolute Gasteiger partial charge is 0.322 e. The molecule has 2 aromatic rings. The van der Waals surface area contributed by atoms with Gasteiger partial charge in [-0.1, -0.05) is 35.9 Å². The van der Waals surface area contributed by atoms with Crippen molar-refractivity contribution in [2.45, 2.75) is 48.8 Å². The summed E-state index contributed by atoms with van der Waals surface area (Å²) in [6.07, 6.45) is 7.38. The van der Waals surface area contributed by atoms with Gasteiger partial charge in [0.1, 0.15) is 0 Å². The molecule has 4 saturated carbocycles. The van der Waals surface area contributed by atoms with Crippen LogP contribution < -0.4 is 5.32 Å². The van der Waals surface area contributed by atoms with E-state index in [1.165, 1.54) is 37.7 Å². The van der Waals surface area contributed by atoms with E-state index in [9.17, 15) is 4.79 Å². The lowest BCUT2D eigenvalue weighted by molar-refractivity contribution is 0.00900. The molecule has 0 saturated heterocycles. The van der Waals surface area contributed by atoms with Gasteiger partial charge in [0, 0.05) is 10.6 Å². The highest BCUT2D eigenvalue weighted by molar-refractivity contribution is 6.34. The summed E-state index contributed by atoms with van der Waals surface area (Å²) in [5.41, 5.74) is 2.91. The standard InChI is InChI=1S/C23H23Cl2NO/c24-20-4-2-1-3-19(20)21(27)26-18-7-5-17(6-8-18)22-10-15-9-16(11-22)13-23(25,12-15)14-22/h1-8,15-16H,9-14H2,(H,26,27). The molecule has 0 radical (unpaired) electrons. The second-order valence-corrected chi connectivity index (χ2v) is 10.1. The average molecular weight is 400 g/mol. The maximum Gasteiger partial charge on any atom is 0.257 e. The number of carbonyl (C=O) groups is 1. The molecule has 4 fully saturated rings. The molecule has 4 heteroatoms. The monoisotopic (exact) mass is 399 g/mol. The zero-order chi connectivity index (χ0) is 18.6. The molecule has 2 nitrogen and oxygen atoms in total. The van der Waals surface area contributed by atoms with E-state index >= 15 is 0 Å². The van der Waals surface area contributed by atoms with E-state index in [2.05, 4.69) is 17.4 Å². The van der Waals surface area contributed by atoms with E-state index in [0.717, 1.165) is 23.9 Å². The van der Waals surface area contributed by atoms with Crippen molar-refractivity contribution >= 4 is 34.8 Å². The van der Waals surface area contributed by atoms with Crippen molar-refractivity contribution in [1.29, 1.82) is 0 Å². The Kier molecular flexibility index (Phi) is 4.07. The Morgan fingerprint density at radius 1 is 0.963 bits per heavy atom. The van der Waals surface area contributed by atoms with Crippen LogP contribution >= 0.6 is 23.2 Å². The molecule has 4 bridgehead atoms. The van der Waals surface area contributed by atoms with Crippen LogP contribution in [-0.2, 0) is 5.41 Å². The van der Waals surface area contributed by atoms with Gasteiger partial charge < -0.3 is 5.32 Å².